The van der Waals surface area contributed by atoms with E-state index in [9.17, 15) is 9.59 Å². The number of rotatable bonds is 3. The normalized spacial score (nSPS) is 18.5. The molecule has 0 unspecified atom stereocenters. The van der Waals surface area contributed by atoms with Gasteiger partial charge >= 0.3 is 0 Å². The number of carbonyl (C=O) groups is 2. The van der Waals surface area contributed by atoms with Gasteiger partial charge in [0.15, 0.2) is 5.76 Å². The molecule has 0 spiro atoms. The molecule has 1 aromatic heterocycles. The smallest absolute Gasteiger partial charge is 0.290 e. The summed E-state index contributed by atoms with van der Waals surface area (Å²) in [5.74, 6) is 0.356. The highest BCUT2D eigenvalue weighted by Gasteiger charge is 2.45. The Morgan fingerprint density at radius 1 is 1.38 bits per heavy atom. The Kier molecular flexibility index (Phi) is 4.12. The number of hydrogen-bond acceptors (Lipinski definition) is 3. The zero-order valence-electron chi connectivity index (χ0n) is 13.5. The van der Waals surface area contributed by atoms with Crippen molar-refractivity contribution in [3.8, 4) is 0 Å². The number of piperazine rings is 1. The minimum absolute atomic E-state index is 0.0118. The fraction of sp³-hybridized carbons (Fsp3) is 0.625. The van der Waals surface area contributed by atoms with Gasteiger partial charge in [0, 0.05) is 25.2 Å². The van der Waals surface area contributed by atoms with Crippen molar-refractivity contribution in [2.24, 2.45) is 0 Å². The van der Waals surface area contributed by atoms with E-state index in [1.165, 1.54) is 0 Å². The van der Waals surface area contributed by atoms with E-state index in [1.807, 2.05) is 26.8 Å². The van der Waals surface area contributed by atoms with Crippen LogP contribution in [-0.4, -0.2) is 46.8 Å². The summed E-state index contributed by atoms with van der Waals surface area (Å²) in [4.78, 5) is 28.7. The van der Waals surface area contributed by atoms with E-state index < -0.39 is 5.54 Å². The van der Waals surface area contributed by atoms with Gasteiger partial charge in [0.1, 0.15) is 5.54 Å². The molecular formula is C16H24N2O3. The monoisotopic (exact) mass is 292 g/mol. The largest absolute Gasteiger partial charge is 0.459 e. The topological polar surface area (TPSA) is 53.8 Å². The van der Waals surface area contributed by atoms with E-state index in [-0.39, 0.29) is 17.7 Å². The number of nitrogens with zero attached hydrogens (tertiary/aromatic N) is 2. The molecular weight excluding hydrogens is 268 g/mol. The molecule has 0 N–H and O–H groups in total. The summed E-state index contributed by atoms with van der Waals surface area (Å²) in [6, 6.07) is 1.83. The average molecular weight is 292 g/mol. The van der Waals surface area contributed by atoms with Crippen LogP contribution in [0.25, 0.3) is 0 Å². The van der Waals surface area contributed by atoms with E-state index in [0.29, 0.717) is 25.4 Å². The number of carbonyl (C=O) groups excluding carboxylic acids is 2. The van der Waals surface area contributed by atoms with Crippen LogP contribution < -0.4 is 0 Å². The Hall–Kier alpha value is -1.78. The molecule has 1 saturated heterocycles. The minimum atomic E-state index is -0.841. The molecule has 0 atom stereocenters. The minimum Gasteiger partial charge on any atom is -0.459 e. The number of amides is 2. The molecule has 2 amide bonds. The molecule has 0 bridgehead atoms. The van der Waals surface area contributed by atoms with Gasteiger partial charge in [-0.2, -0.15) is 0 Å². The van der Waals surface area contributed by atoms with Crippen molar-refractivity contribution in [3.63, 3.8) is 0 Å². The third-order valence-electron chi connectivity index (χ3n) is 4.22. The van der Waals surface area contributed by atoms with Crippen LogP contribution in [0.5, 0.6) is 0 Å². The van der Waals surface area contributed by atoms with Crippen LogP contribution in [0.3, 0.4) is 0 Å². The van der Waals surface area contributed by atoms with Crippen molar-refractivity contribution in [2.75, 3.05) is 19.6 Å². The maximum Gasteiger partial charge on any atom is 0.290 e. The van der Waals surface area contributed by atoms with Crippen LogP contribution in [0, 0.1) is 0 Å². The molecule has 116 valence electrons. The first-order chi connectivity index (χ1) is 9.80. The first-order valence-corrected chi connectivity index (χ1v) is 7.49. The van der Waals surface area contributed by atoms with E-state index in [4.69, 9.17) is 4.42 Å². The zero-order chi connectivity index (χ0) is 15.8. The van der Waals surface area contributed by atoms with Crippen LogP contribution in [0.2, 0.25) is 0 Å². The summed E-state index contributed by atoms with van der Waals surface area (Å²) in [6.07, 6.45) is 1.54. The fourth-order valence-electron chi connectivity index (χ4n) is 2.83. The molecule has 0 aromatic carbocycles. The van der Waals surface area contributed by atoms with Crippen LogP contribution in [0.1, 0.15) is 56.7 Å². The van der Waals surface area contributed by atoms with Gasteiger partial charge in [-0.3, -0.25) is 9.59 Å². The van der Waals surface area contributed by atoms with Crippen LogP contribution in [0.15, 0.2) is 16.7 Å². The molecule has 5 nitrogen and oxygen atoms in total. The Labute approximate surface area is 125 Å². The van der Waals surface area contributed by atoms with Gasteiger partial charge in [0.05, 0.1) is 6.26 Å². The van der Waals surface area contributed by atoms with Crippen molar-refractivity contribution in [1.29, 1.82) is 0 Å². The molecule has 0 saturated carbocycles. The highest BCUT2D eigenvalue weighted by atomic mass is 16.3. The lowest BCUT2D eigenvalue weighted by Gasteiger charge is -2.45. The molecule has 2 rings (SSSR count). The SMILES string of the molecule is CCN1CCN(C(=O)c2occc2C(C)C)C(C)(C)C1=O. The Balaban J connectivity index is 2.31. The first kappa shape index (κ1) is 15.6. The van der Waals surface area contributed by atoms with Crippen LogP contribution in [0.4, 0.5) is 0 Å². The average Bonchev–Trinajstić information content (AvgIpc) is 2.90. The lowest BCUT2D eigenvalue weighted by Crippen LogP contribution is -2.64. The standard InChI is InChI=1S/C16H24N2O3/c1-6-17-8-9-18(16(4,5)15(17)20)14(19)13-12(11(2)3)7-10-21-13/h7,10-11H,6,8-9H2,1-5H3. The maximum atomic E-state index is 12.8. The highest BCUT2D eigenvalue weighted by molar-refractivity contribution is 5.99. The summed E-state index contributed by atoms with van der Waals surface area (Å²) < 4.78 is 5.41. The van der Waals surface area contributed by atoms with Gasteiger partial charge in [0.25, 0.3) is 5.91 Å². The second-order valence-electron chi connectivity index (χ2n) is 6.26. The summed E-state index contributed by atoms with van der Waals surface area (Å²) in [7, 11) is 0. The number of hydrogen-bond donors (Lipinski definition) is 0. The Morgan fingerprint density at radius 2 is 2.05 bits per heavy atom. The molecule has 0 aliphatic carbocycles. The Morgan fingerprint density at radius 3 is 2.62 bits per heavy atom. The molecule has 5 heteroatoms. The summed E-state index contributed by atoms with van der Waals surface area (Å²) in [6.45, 7) is 11.4. The quantitative estimate of drug-likeness (QED) is 0.860. The first-order valence-electron chi connectivity index (χ1n) is 7.49. The van der Waals surface area contributed by atoms with E-state index in [1.54, 1.807) is 29.9 Å². The molecule has 1 aromatic rings. The lowest BCUT2D eigenvalue weighted by molar-refractivity contribution is -0.146. The van der Waals surface area contributed by atoms with Crippen molar-refractivity contribution >= 4 is 11.8 Å². The Bertz CT molecular complexity index is 545. The third-order valence-corrected chi connectivity index (χ3v) is 4.22. The molecule has 1 fully saturated rings. The van der Waals surface area contributed by atoms with E-state index >= 15 is 0 Å². The van der Waals surface area contributed by atoms with Crippen molar-refractivity contribution in [1.82, 2.24) is 9.80 Å². The molecule has 2 heterocycles. The van der Waals surface area contributed by atoms with Gasteiger partial charge in [-0.15, -0.1) is 0 Å². The van der Waals surface area contributed by atoms with Gasteiger partial charge < -0.3 is 14.2 Å². The second-order valence-corrected chi connectivity index (χ2v) is 6.26. The predicted molar refractivity (Wildman–Crippen MR) is 80.2 cm³/mol. The highest BCUT2D eigenvalue weighted by Crippen LogP contribution is 2.28. The van der Waals surface area contributed by atoms with Crippen molar-refractivity contribution in [2.45, 2.75) is 46.1 Å². The van der Waals surface area contributed by atoms with Crippen molar-refractivity contribution < 1.29 is 14.0 Å². The number of likely N-dealkylation sites (N-methyl/N-ethyl adjacent to an activating group) is 1. The zero-order valence-corrected chi connectivity index (χ0v) is 13.5. The van der Waals surface area contributed by atoms with Crippen molar-refractivity contribution in [3.05, 3.63) is 23.7 Å². The summed E-state index contributed by atoms with van der Waals surface area (Å²) in [5, 5.41) is 0. The fourth-order valence-corrected chi connectivity index (χ4v) is 2.83. The van der Waals surface area contributed by atoms with Crippen LogP contribution in [-0.2, 0) is 4.79 Å². The second kappa shape index (κ2) is 5.54. The van der Waals surface area contributed by atoms with Gasteiger partial charge in [0.2, 0.25) is 5.91 Å². The predicted octanol–water partition coefficient (Wildman–Crippen LogP) is 2.49. The maximum absolute atomic E-state index is 12.8. The van der Waals surface area contributed by atoms with E-state index in [0.717, 1.165) is 5.56 Å². The van der Waals surface area contributed by atoms with E-state index in [2.05, 4.69) is 0 Å². The van der Waals surface area contributed by atoms with Gasteiger partial charge in [-0.25, -0.2) is 0 Å². The lowest BCUT2D eigenvalue weighted by atomic mass is 9.95. The van der Waals surface area contributed by atoms with Gasteiger partial charge in [-0.1, -0.05) is 13.8 Å². The number of furan rings is 1. The summed E-state index contributed by atoms with van der Waals surface area (Å²) >= 11 is 0. The van der Waals surface area contributed by atoms with Crippen LogP contribution >= 0.6 is 0 Å². The molecule has 1 aliphatic rings. The third kappa shape index (κ3) is 2.57. The summed E-state index contributed by atoms with van der Waals surface area (Å²) in [5.41, 5.74) is 0.0491. The molecule has 21 heavy (non-hydrogen) atoms. The molecule has 0 radical (unpaired) electrons. The molecule has 1 aliphatic heterocycles. The van der Waals surface area contributed by atoms with Gasteiger partial charge in [-0.05, 0) is 32.8 Å².